The fraction of sp³-hybridized carbons (Fsp3) is 0.500. The molecule has 0 atom stereocenters. The molecule has 1 aromatic carbocycles. The number of fused-ring (bicyclic) bond motifs is 1. The topological polar surface area (TPSA) is 29.0 Å². The number of nitrogens with zero attached hydrogens (tertiary/aromatic N) is 3. The number of anilines is 1. The van der Waals surface area contributed by atoms with Gasteiger partial charge in [0.25, 0.3) is 0 Å². The summed E-state index contributed by atoms with van der Waals surface area (Å²) in [5.41, 5.74) is 2.97. The zero-order chi connectivity index (χ0) is 13.9. The summed E-state index contributed by atoms with van der Waals surface area (Å²) in [4.78, 5) is 12.0. The summed E-state index contributed by atoms with van der Waals surface area (Å²) in [6, 6.07) is 8.69. The van der Waals surface area contributed by atoms with Crippen molar-refractivity contribution in [3.05, 3.63) is 30.0 Å². The van der Waals surface area contributed by atoms with Gasteiger partial charge in [-0.1, -0.05) is 12.1 Å². The normalized spacial score (nSPS) is 15.3. The van der Waals surface area contributed by atoms with E-state index < -0.39 is 0 Å². The van der Waals surface area contributed by atoms with Crippen LogP contribution in [0.1, 0.15) is 31.4 Å². The van der Waals surface area contributed by atoms with Crippen LogP contribution in [-0.4, -0.2) is 28.4 Å². The maximum atomic E-state index is 5.87. The molecule has 1 aliphatic carbocycles. The third-order valence-corrected chi connectivity index (χ3v) is 4.31. The SMILES string of the molecule is Cc1nc2ccccc2nc1N(CCCCl)C1CCC1. The average molecular weight is 290 g/mol. The van der Waals surface area contributed by atoms with Crippen LogP contribution in [0, 0.1) is 6.92 Å². The van der Waals surface area contributed by atoms with Gasteiger partial charge in [-0.05, 0) is 44.7 Å². The largest absolute Gasteiger partial charge is 0.352 e. The molecule has 0 radical (unpaired) electrons. The van der Waals surface area contributed by atoms with E-state index in [4.69, 9.17) is 21.6 Å². The Morgan fingerprint density at radius 3 is 2.50 bits per heavy atom. The zero-order valence-electron chi connectivity index (χ0n) is 11.8. The van der Waals surface area contributed by atoms with Gasteiger partial charge in [0.05, 0.1) is 16.7 Å². The third kappa shape index (κ3) is 2.59. The molecule has 0 saturated heterocycles. The summed E-state index contributed by atoms with van der Waals surface area (Å²) in [5, 5.41) is 0. The average Bonchev–Trinajstić information content (AvgIpc) is 2.40. The fourth-order valence-corrected chi connectivity index (χ4v) is 2.86. The fourth-order valence-electron chi connectivity index (χ4n) is 2.74. The van der Waals surface area contributed by atoms with E-state index >= 15 is 0 Å². The molecule has 0 bridgehead atoms. The van der Waals surface area contributed by atoms with Gasteiger partial charge in [0.15, 0.2) is 5.82 Å². The van der Waals surface area contributed by atoms with Crippen molar-refractivity contribution in [3.8, 4) is 0 Å². The van der Waals surface area contributed by atoms with Crippen molar-refractivity contribution in [1.29, 1.82) is 0 Å². The minimum Gasteiger partial charge on any atom is -0.352 e. The lowest BCUT2D eigenvalue weighted by Crippen LogP contribution is -2.42. The van der Waals surface area contributed by atoms with Gasteiger partial charge in [0.2, 0.25) is 0 Å². The lowest BCUT2D eigenvalue weighted by molar-refractivity contribution is 0.383. The smallest absolute Gasteiger partial charge is 0.151 e. The zero-order valence-corrected chi connectivity index (χ0v) is 12.6. The second-order valence-corrected chi connectivity index (χ2v) is 5.82. The van der Waals surface area contributed by atoms with Gasteiger partial charge in [-0.25, -0.2) is 9.97 Å². The molecule has 3 rings (SSSR count). The Labute approximate surface area is 125 Å². The van der Waals surface area contributed by atoms with Gasteiger partial charge in [-0.3, -0.25) is 0 Å². The van der Waals surface area contributed by atoms with Gasteiger partial charge < -0.3 is 4.90 Å². The summed E-state index contributed by atoms with van der Waals surface area (Å²) >= 11 is 5.87. The molecule has 20 heavy (non-hydrogen) atoms. The lowest BCUT2D eigenvalue weighted by atomic mass is 9.91. The highest BCUT2D eigenvalue weighted by atomic mass is 35.5. The number of benzene rings is 1. The molecule has 4 heteroatoms. The van der Waals surface area contributed by atoms with Crippen LogP contribution in [0.4, 0.5) is 5.82 Å². The van der Waals surface area contributed by atoms with Crippen molar-refractivity contribution in [2.45, 2.75) is 38.6 Å². The van der Waals surface area contributed by atoms with E-state index in [0.29, 0.717) is 11.9 Å². The van der Waals surface area contributed by atoms with Gasteiger partial charge in [0.1, 0.15) is 0 Å². The molecular weight excluding hydrogens is 270 g/mol. The predicted octanol–water partition coefficient (Wildman–Crippen LogP) is 3.93. The van der Waals surface area contributed by atoms with Crippen LogP contribution >= 0.6 is 11.6 Å². The van der Waals surface area contributed by atoms with Crippen molar-refractivity contribution in [2.75, 3.05) is 17.3 Å². The Morgan fingerprint density at radius 1 is 1.20 bits per heavy atom. The van der Waals surface area contributed by atoms with Crippen LogP contribution in [0.5, 0.6) is 0 Å². The van der Waals surface area contributed by atoms with Crippen LogP contribution in [0.3, 0.4) is 0 Å². The van der Waals surface area contributed by atoms with Gasteiger partial charge in [0, 0.05) is 18.5 Å². The van der Waals surface area contributed by atoms with Crippen molar-refractivity contribution in [1.82, 2.24) is 9.97 Å². The van der Waals surface area contributed by atoms with Crippen LogP contribution in [0.15, 0.2) is 24.3 Å². The number of hydrogen-bond acceptors (Lipinski definition) is 3. The first-order valence-electron chi connectivity index (χ1n) is 7.35. The van der Waals surface area contributed by atoms with Crippen molar-refractivity contribution < 1.29 is 0 Å². The van der Waals surface area contributed by atoms with E-state index in [-0.39, 0.29) is 0 Å². The molecule has 0 N–H and O–H groups in total. The van der Waals surface area contributed by atoms with Crippen LogP contribution in [-0.2, 0) is 0 Å². The number of aryl methyl sites for hydroxylation is 1. The summed E-state index contributed by atoms with van der Waals surface area (Å²) < 4.78 is 0. The highest BCUT2D eigenvalue weighted by Gasteiger charge is 2.27. The predicted molar refractivity (Wildman–Crippen MR) is 84.6 cm³/mol. The molecule has 1 heterocycles. The minimum atomic E-state index is 0.618. The van der Waals surface area contributed by atoms with E-state index in [9.17, 15) is 0 Å². The summed E-state index contributed by atoms with van der Waals surface area (Å²) in [7, 11) is 0. The molecule has 1 aliphatic rings. The number of rotatable bonds is 5. The lowest BCUT2D eigenvalue weighted by Gasteiger charge is -2.39. The molecular formula is C16H20ClN3. The highest BCUT2D eigenvalue weighted by molar-refractivity contribution is 6.17. The minimum absolute atomic E-state index is 0.618. The molecule has 1 saturated carbocycles. The monoisotopic (exact) mass is 289 g/mol. The quantitative estimate of drug-likeness (QED) is 0.781. The maximum absolute atomic E-state index is 5.87. The summed E-state index contributed by atoms with van der Waals surface area (Å²) in [5.74, 6) is 1.74. The second kappa shape index (κ2) is 5.96. The Kier molecular flexibility index (Phi) is 4.06. The van der Waals surface area contributed by atoms with Crippen LogP contribution < -0.4 is 4.90 Å². The Hall–Kier alpha value is -1.35. The first-order valence-corrected chi connectivity index (χ1v) is 7.89. The van der Waals surface area contributed by atoms with Crippen molar-refractivity contribution >= 4 is 28.5 Å². The van der Waals surface area contributed by atoms with E-state index in [2.05, 4.69) is 11.8 Å². The van der Waals surface area contributed by atoms with Crippen molar-refractivity contribution in [2.24, 2.45) is 0 Å². The number of alkyl halides is 1. The standard InChI is InChI=1S/C16H20ClN3/c1-12-16(19-15-9-3-2-8-14(15)18-12)20(11-5-10-17)13-6-4-7-13/h2-3,8-9,13H,4-7,10-11H2,1H3. The number of para-hydroxylation sites is 2. The number of halogens is 1. The molecule has 0 amide bonds. The Morgan fingerprint density at radius 2 is 1.90 bits per heavy atom. The van der Waals surface area contributed by atoms with E-state index in [1.807, 2.05) is 24.3 Å². The molecule has 3 nitrogen and oxygen atoms in total. The van der Waals surface area contributed by atoms with Gasteiger partial charge in [-0.15, -0.1) is 11.6 Å². The first kappa shape index (κ1) is 13.6. The van der Waals surface area contributed by atoms with Crippen LogP contribution in [0.25, 0.3) is 11.0 Å². The Bertz CT molecular complexity index is 595. The van der Waals surface area contributed by atoms with E-state index in [1.165, 1.54) is 19.3 Å². The maximum Gasteiger partial charge on any atom is 0.151 e. The third-order valence-electron chi connectivity index (χ3n) is 4.04. The van der Waals surface area contributed by atoms with Crippen molar-refractivity contribution in [3.63, 3.8) is 0 Å². The van der Waals surface area contributed by atoms with Crippen LogP contribution in [0.2, 0.25) is 0 Å². The second-order valence-electron chi connectivity index (χ2n) is 5.44. The molecule has 2 aromatic rings. The molecule has 106 valence electrons. The highest BCUT2D eigenvalue weighted by Crippen LogP contribution is 2.30. The summed E-state index contributed by atoms with van der Waals surface area (Å²) in [6.07, 6.45) is 4.83. The summed E-state index contributed by atoms with van der Waals surface area (Å²) in [6.45, 7) is 3.03. The molecule has 0 unspecified atom stereocenters. The first-order chi connectivity index (χ1) is 9.79. The number of hydrogen-bond donors (Lipinski definition) is 0. The Balaban J connectivity index is 1.98. The van der Waals surface area contributed by atoms with E-state index in [0.717, 1.165) is 35.5 Å². The molecule has 0 aliphatic heterocycles. The molecule has 1 fully saturated rings. The molecule has 0 spiro atoms. The van der Waals surface area contributed by atoms with E-state index in [1.54, 1.807) is 0 Å². The number of aromatic nitrogens is 2. The molecule has 1 aromatic heterocycles. The van der Waals surface area contributed by atoms with Gasteiger partial charge >= 0.3 is 0 Å². The van der Waals surface area contributed by atoms with Gasteiger partial charge in [-0.2, -0.15) is 0 Å².